The summed E-state index contributed by atoms with van der Waals surface area (Å²) in [6.07, 6.45) is 2.35. The van der Waals surface area contributed by atoms with Crippen molar-refractivity contribution in [1.29, 1.82) is 0 Å². The molecule has 0 radical (unpaired) electrons. The van der Waals surface area contributed by atoms with E-state index in [-0.39, 0.29) is 37.3 Å². The molecule has 0 aliphatic heterocycles. The Morgan fingerprint density at radius 2 is 1.77 bits per heavy atom. The van der Waals surface area contributed by atoms with Gasteiger partial charge in [-0.25, -0.2) is 0 Å². The van der Waals surface area contributed by atoms with Crippen molar-refractivity contribution in [3.63, 3.8) is 0 Å². The van der Waals surface area contributed by atoms with Gasteiger partial charge in [0.15, 0.2) is 0 Å². The maximum Gasteiger partial charge on any atom is 0.223 e. The van der Waals surface area contributed by atoms with Crippen molar-refractivity contribution in [3.05, 3.63) is 0 Å². The van der Waals surface area contributed by atoms with Crippen LogP contribution in [0.3, 0.4) is 0 Å². The molecule has 0 aromatic heterocycles. The molecule has 0 spiro atoms. The number of rotatable bonds is 5. The zero-order chi connectivity index (χ0) is 8.91. The smallest absolute Gasteiger partial charge is 0.223 e. The predicted octanol–water partition coefficient (Wildman–Crippen LogP) is 1.50. The lowest BCUT2D eigenvalue weighted by molar-refractivity contribution is -0.126. The van der Waals surface area contributed by atoms with Gasteiger partial charge in [-0.1, -0.05) is 20.3 Å². The summed E-state index contributed by atoms with van der Waals surface area (Å²) in [6, 6.07) is 0. The second kappa shape index (κ2) is 8.60. The molecule has 0 bridgehead atoms. The zero-order valence-corrected chi connectivity index (χ0v) is 9.71. The molecule has 0 heterocycles. The Hall–Kier alpha value is 0.01000. The van der Waals surface area contributed by atoms with Crippen molar-refractivity contribution >= 4 is 30.7 Å². The van der Waals surface area contributed by atoms with E-state index < -0.39 is 5.41 Å². The maximum absolute atomic E-state index is 10.8. The van der Waals surface area contributed by atoms with E-state index in [4.69, 9.17) is 10.8 Å². The molecule has 3 N–H and O–H groups in total. The average Bonchev–Trinajstić information content (AvgIpc) is 1.88. The Kier molecular flexibility index (Phi) is 12.4. The number of amides is 1. The topological polar surface area (TPSA) is 63.3 Å². The fraction of sp³-hybridized carbons (Fsp3) is 0.875. The molecular formula is C8H19Cl2NO2. The van der Waals surface area contributed by atoms with Crippen molar-refractivity contribution in [1.82, 2.24) is 0 Å². The number of carbonyl (C=O) groups excluding carboxylic acids is 1. The van der Waals surface area contributed by atoms with E-state index in [0.29, 0.717) is 0 Å². The molecule has 0 aliphatic carbocycles. The first-order valence-corrected chi connectivity index (χ1v) is 3.91. The molecule has 0 unspecified atom stereocenters. The monoisotopic (exact) mass is 231 g/mol. The molecular weight excluding hydrogens is 213 g/mol. The van der Waals surface area contributed by atoms with Gasteiger partial charge in [-0.3, -0.25) is 4.79 Å². The van der Waals surface area contributed by atoms with E-state index in [1.807, 2.05) is 13.8 Å². The standard InChI is InChI=1S/C8H17NO2.2ClH/c1-8(2,7(9)11)5-3-4-6-10;;/h10H,3-6H2,1-2H3,(H2,9,11);2*1H. The largest absolute Gasteiger partial charge is 0.396 e. The third-order valence-electron chi connectivity index (χ3n) is 1.88. The lowest BCUT2D eigenvalue weighted by Crippen LogP contribution is -2.31. The zero-order valence-electron chi connectivity index (χ0n) is 8.08. The summed E-state index contributed by atoms with van der Waals surface area (Å²) in [4.78, 5) is 10.8. The van der Waals surface area contributed by atoms with E-state index in [9.17, 15) is 4.79 Å². The lowest BCUT2D eigenvalue weighted by atomic mass is 9.87. The number of carbonyl (C=O) groups is 1. The second-order valence-electron chi connectivity index (χ2n) is 3.43. The normalized spacial score (nSPS) is 9.77. The van der Waals surface area contributed by atoms with Crippen LogP contribution in [0, 0.1) is 5.41 Å². The minimum absolute atomic E-state index is 0. The van der Waals surface area contributed by atoms with Gasteiger partial charge in [0.25, 0.3) is 0 Å². The van der Waals surface area contributed by atoms with Gasteiger partial charge >= 0.3 is 0 Å². The number of aliphatic hydroxyl groups excluding tert-OH is 1. The third-order valence-corrected chi connectivity index (χ3v) is 1.88. The SMILES string of the molecule is CC(C)(CCCCO)C(N)=O.Cl.Cl. The molecule has 0 saturated heterocycles. The third kappa shape index (κ3) is 8.34. The molecule has 0 atom stereocenters. The maximum atomic E-state index is 10.8. The molecule has 0 aromatic rings. The van der Waals surface area contributed by atoms with Crippen LogP contribution in [0.4, 0.5) is 0 Å². The van der Waals surface area contributed by atoms with Crippen molar-refractivity contribution in [2.45, 2.75) is 33.1 Å². The Labute approximate surface area is 91.9 Å². The first-order valence-electron chi connectivity index (χ1n) is 3.91. The van der Waals surface area contributed by atoms with Crippen LogP contribution in [-0.2, 0) is 4.79 Å². The minimum atomic E-state index is -0.421. The fourth-order valence-electron chi connectivity index (χ4n) is 0.802. The van der Waals surface area contributed by atoms with Gasteiger partial charge in [-0.05, 0) is 12.8 Å². The number of aliphatic hydroxyl groups is 1. The molecule has 82 valence electrons. The number of halogens is 2. The van der Waals surface area contributed by atoms with Gasteiger partial charge in [0.2, 0.25) is 5.91 Å². The van der Waals surface area contributed by atoms with Gasteiger partial charge in [0, 0.05) is 12.0 Å². The van der Waals surface area contributed by atoms with Crippen LogP contribution >= 0.6 is 24.8 Å². The van der Waals surface area contributed by atoms with Crippen LogP contribution in [-0.4, -0.2) is 17.6 Å². The molecule has 0 rings (SSSR count). The van der Waals surface area contributed by atoms with Gasteiger partial charge in [0.05, 0.1) is 0 Å². The van der Waals surface area contributed by atoms with Crippen LogP contribution in [0.2, 0.25) is 0 Å². The first kappa shape index (κ1) is 18.7. The predicted molar refractivity (Wildman–Crippen MR) is 58.4 cm³/mol. The number of primary amides is 1. The second-order valence-corrected chi connectivity index (χ2v) is 3.43. The van der Waals surface area contributed by atoms with Crippen molar-refractivity contribution in [2.75, 3.05) is 6.61 Å². The van der Waals surface area contributed by atoms with Gasteiger partial charge in [-0.2, -0.15) is 0 Å². The van der Waals surface area contributed by atoms with Crippen molar-refractivity contribution in [2.24, 2.45) is 11.1 Å². The van der Waals surface area contributed by atoms with Crippen LogP contribution in [0.1, 0.15) is 33.1 Å². The number of hydrogen-bond acceptors (Lipinski definition) is 2. The summed E-state index contributed by atoms with van der Waals surface area (Å²) in [7, 11) is 0. The van der Waals surface area contributed by atoms with Crippen LogP contribution in [0.5, 0.6) is 0 Å². The summed E-state index contributed by atoms with van der Waals surface area (Å²) in [5.74, 6) is -0.268. The summed E-state index contributed by atoms with van der Waals surface area (Å²) in [5.41, 5.74) is 4.73. The summed E-state index contributed by atoms with van der Waals surface area (Å²) in [5, 5.41) is 8.49. The molecule has 0 fully saturated rings. The Bertz CT molecular complexity index is 140. The highest BCUT2D eigenvalue weighted by molar-refractivity contribution is 5.85. The van der Waals surface area contributed by atoms with E-state index in [1.165, 1.54) is 0 Å². The van der Waals surface area contributed by atoms with Crippen LogP contribution in [0.15, 0.2) is 0 Å². The Morgan fingerprint density at radius 1 is 1.31 bits per heavy atom. The quantitative estimate of drug-likeness (QED) is 0.705. The highest BCUT2D eigenvalue weighted by Crippen LogP contribution is 2.21. The molecule has 13 heavy (non-hydrogen) atoms. The van der Waals surface area contributed by atoms with Gasteiger partial charge in [-0.15, -0.1) is 24.8 Å². The molecule has 1 amide bonds. The lowest BCUT2D eigenvalue weighted by Gasteiger charge is -2.19. The Balaban J connectivity index is -0.000000500. The number of nitrogens with two attached hydrogens (primary N) is 1. The van der Waals surface area contributed by atoms with E-state index >= 15 is 0 Å². The highest BCUT2D eigenvalue weighted by Gasteiger charge is 2.23. The molecule has 0 aliphatic rings. The molecule has 5 heteroatoms. The number of hydrogen-bond donors (Lipinski definition) is 2. The Morgan fingerprint density at radius 3 is 2.08 bits per heavy atom. The molecule has 0 aromatic carbocycles. The van der Waals surface area contributed by atoms with Crippen molar-refractivity contribution < 1.29 is 9.90 Å². The van der Waals surface area contributed by atoms with Gasteiger partial charge < -0.3 is 10.8 Å². The highest BCUT2D eigenvalue weighted by atomic mass is 35.5. The van der Waals surface area contributed by atoms with Crippen LogP contribution < -0.4 is 5.73 Å². The molecule has 3 nitrogen and oxygen atoms in total. The van der Waals surface area contributed by atoms with Gasteiger partial charge in [0.1, 0.15) is 0 Å². The minimum Gasteiger partial charge on any atom is -0.396 e. The van der Waals surface area contributed by atoms with E-state index in [0.717, 1.165) is 19.3 Å². The fourth-order valence-corrected chi connectivity index (χ4v) is 0.802. The van der Waals surface area contributed by atoms with E-state index in [1.54, 1.807) is 0 Å². The summed E-state index contributed by atoms with van der Waals surface area (Å²) in [6.45, 7) is 3.84. The number of unbranched alkanes of at least 4 members (excludes halogenated alkanes) is 1. The average molecular weight is 232 g/mol. The molecule has 0 saturated carbocycles. The van der Waals surface area contributed by atoms with Crippen LogP contribution in [0.25, 0.3) is 0 Å². The summed E-state index contributed by atoms with van der Waals surface area (Å²) >= 11 is 0. The summed E-state index contributed by atoms with van der Waals surface area (Å²) < 4.78 is 0. The first-order chi connectivity index (χ1) is 5.00. The van der Waals surface area contributed by atoms with E-state index in [2.05, 4.69) is 0 Å². The van der Waals surface area contributed by atoms with Crippen molar-refractivity contribution in [3.8, 4) is 0 Å².